The maximum atomic E-state index is 13.3. The summed E-state index contributed by atoms with van der Waals surface area (Å²) < 4.78 is 18.8. The van der Waals surface area contributed by atoms with Crippen molar-refractivity contribution in [2.24, 2.45) is 5.73 Å². The average molecular weight is 246 g/mol. The molecule has 0 amide bonds. The molecule has 0 aliphatic heterocycles. The summed E-state index contributed by atoms with van der Waals surface area (Å²) in [6.07, 6.45) is 1.58. The first kappa shape index (κ1) is 12.5. The molecule has 3 nitrogen and oxygen atoms in total. The number of benzene rings is 1. The van der Waals surface area contributed by atoms with Crippen LogP contribution in [0.4, 0.5) is 4.39 Å². The van der Waals surface area contributed by atoms with Gasteiger partial charge in [-0.3, -0.25) is 4.98 Å². The lowest BCUT2D eigenvalue weighted by Gasteiger charge is -2.08. The molecule has 94 valence electrons. The van der Waals surface area contributed by atoms with Crippen LogP contribution in [0.2, 0.25) is 0 Å². The third-order valence-electron chi connectivity index (χ3n) is 2.60. The van der Waals surface area contributed by atoms with Gasteiger partial charge in [0.25, 0.3) is 0 Å². The highest BCUT2D eigenvalue weighted by Gasteiger charge is 2.04. The number of nitrogens with zero attached hydrogens (tertiary/aromatic N) is 1. The monoisotopic (exact) mass is 246 g/mol. The maximum absolute atomic E-state index is 13.3. The van der Waals surface area contributed by atoms with Gasteiger partial charge in [-0.1, -0.05) is 6.07 Å². The van der Waals surface area contributed by atoms with E-state index in [-0.39, 0.29) is 11.9 Å². The minimum atomic E-state index is -0.285. The normalized spacial score (nSPS) is 12.2. The molecule has 0 aliphatic carbocycles. The van der Waals surface area contributed by atoms with Gasteiger partial charge in [-0.25, -0.2) is 4.39 Å². The van der Waals surface area contributed by atoms with E-state index in [1.54, 1.807) is 37.4 Å². The van der Waals surface area contributed by atoms with Crippen LogP contribution in [-0.4, -0.2) is 4.98 Å². The van der Waals surface area contributed by atoms with Crippen molar-refractivity contribution in [3.05, 3.63) is 53.6 Å². The zero-order valence-electron chi connectivity index (χ0n) is 10.4. The first-order valence-corrected chi connectivity index (χ1v) is 5.72. The summed E-state index contributed by atoms with van der Waals surface area (Å²) in [7, 11) is 0. The summed E-state index contributed by atoms with van der Waals surface area (Å²) in [6, 6.07) is 8.20. The Labute approximate surface area is 105 Å². The number of pyridine rings is 1. The zero-order valence-corrected chi connectivity index (χ0v) is 10.4. The minimum absolute atomic E-state index is 0.115. The van der Waals surface area contributed by atoms with Gasteiger partial charge >= 0.3 is 0 Å². The van der Waals surface area contributed by atoms with E-state index in [1.807, 2.05) is 6.92 Å². The minimum Gasteiger partial charge on any atom is -0.456 e. The molecular formula is C14H15FN2O. The highest BCUT2D eigenvalue weighted by Crippen LogP contribution is 2.23. The summed E-state index contributed by atoms with van der Waals surface area (Å²) in [5, 5.41) is 0. The molecule has 18 heavy (non-hydrogen) atoms. The number of aromatic nitrogens is 1. The average Bonchev–Trinajstić information content (AvgIpc) is 2.34. The van der Waals surface area contributed by atoms with Crippen LogP contribution in [0.15, 0.2) is 36.5 Å². The molecule has 0 aliphatic rings. The fraction of sp³-hybridized carbons (Fsp3) is 0.214. The lowest BCUT2D eigenvalue weighted by atomic mass is 10.2. The Morgan fingerprint density at radius 1 is 1.22 bits per heavy atom. The van der Waals surface area contributed by atoms with E-state index in [4.69, 9.17) is 10.5 Å². The number of ether oxygens (including phenoxy) is 1. The highest BCUT2D eigenvalue weighted by atomic mass is 19.1. The quantitative estimate of drug-likeness (QED) is 0.903. The molecule has 2 aromatic rings. The van der Waals surface area contributed by atoms with Crippen LogP contribution in [0.25, 0.3) is 0 Å². The van der Waals surface area contributed by atoms with Gasteiger partial charge in [-0.2, -0.15) is 0 Å². The van der Waals surface area contributed by atoms with Crippen molar-refractivity contribution in [3.8, 4) is 11.5 Å². The first-order chi connectivity index (χ1) is 8.56. The van der Waals surface area contributed by atoms with Gasteiger partial charge < -0.3 is 10.5 Å². The van der Waals surface area contributed by atoms with Gasteiger partial charge in [0.1, 0.15) is 17.3 Å². The molecule has 0 unspecified atom stereocenters. The van der Waals surface area contributed by atoms with Gasteiger partial charge in [0.05, 0.1) is 11.9 Å². The maximum Gasteiger partial charge on any atom is 0.145 e. The first-order valence-electron chi connectivity index (χ1n) is 5.72. The molecular weight excluding hydrogens is 231 g/mol. The smallest absolute Gasteiger partial charge is 0.145 e. The fourth-order valence-electron chi connectivity index (χ4n) is 1.49. The van der Waals surface area contributed by atoms with Crippen molar-refractivity contribution in [1.29, 1.82) is 0 Å². The Bertz CT molecular complexity index is 538. The summed E-state index contributed by atoms with van der Waals surface area (Å²) in [4.78, 5) is 4.17. The number of hydrogen-bond donors (Lipinski definition) is 1. The zero-order chi connectivity index (χ0) is 13.1. The van der Waals surface area contributed by atoms with E-state index >= 15 is 0 Å². The SMILES string of the molecule is Cc1ccc(Oc2ccc([C@H](C)N)nc2)cc1F. The van der Waals surface area contributed by atoms with E-state index in [0.717, 1.165) is 5.69 Å². The van der Waals surface area contributed by atoms with E-state index in [9.17, 15) is 4.39 Å². The standard InChI is InChI=1S/C14H15FN2O/c1-9-3-4-11(7-13(9)15)18-12-5-6-14(10(2)16)17-8-12/h3-8,10H,16H2,1-2H3/t10-/m0/s1. The molecule has 0 saturated carbocycles. The predicted octanol–water partition coefficient (Wildman–Crippen LogP) is 3.34. The molecule has 1 aromatic carbocycles. The summed E-state index contributed by atoms with van der Waals surface area (Å²) in [5.74, 6) is 0.726. The van der Waals surface area contributed by atoms with Gasteiger partial charge in [0, 0.05) is 12.1 Å². The summed E-state index contributed by atoms with van der Waals surface area (Å²) in [5.41, 5.74) is 7.08. The van der Waals surface area contributed by atoms with Crippen molar-refractivity contribution in [3.63, 3.8) is 0 Å². The van der Waals surface area contributed by atoms with Gasteiger partial charge in [0.2, 0.25) is 0 Å². The third kappa shape index (κ3) is 2.84. The number of aryl methyl sites for hydroxylation is 1. The van der Waals surface area contributed by atoms with Crippen LogP contribution in [0, 0.1) is 12.7 Å². The van der Waals surface area contributed by atoms with Crippen molar-refractivity contribution in [2.45, 2.75) is 19.9 Å². The Kier molecular flexibility index (Phi) is 3.58. The molecule has 0 saturated heterocycles. The molecule has 1 heterocycles. The molecule has 0 spiro atoms. The Morgan fingerprint density at radius 2 is 1.94 bits per heavy atom. The van der Waals surface area contributed by atoms with Crippen LogP contribution in [-0.2, 0) is 0 Å². The van der Waals surface area contributed by atoms with Crippen LogP contribution in [0.3, 0.4) is 0 Å². The summed E-state index contributed by atoms with van der Waals surface area (Å²) >= 11 is 0. The molecule has 0 bridgehead atoms. The topological polar surface area (TPSA) is 48.1 Å². The summed E-state index contributed by atoms with van der Waals surface area (Å²) in [6.45, 7) is 3.57. The van der Waals surface area contributed by atoms with Crippen molar-refractivity contribution in [2.75, 3.05) is 0 Å². The van der Waals surface area contributed by atoms with Gasteiger partial charge in [0.15, 0.2) is 0 Å². The molecule has 0 fully saturated rings. The van der Waals surface area contributed by atoms with E-state index in [2.05, 4.69) is 4.98 Å². The second-order valence-electron chi connectivity index (χ2n) is 4.22. The number of rotatable bonds is 3. The van der Waals surface area contributed by atoms with Crippen LogP contribution in [0.5, 0.6) is 11.5 Å². The highest BCUT2D eigenvalue weighted by molar-refractivity contribution is 5.33. The number of nitrogens with two attached hydrogens (primary N) is 1. The molecule has 0 radical (unpaired) electrons. The van der Waals surface area contributed by atoms with Crippen LogP contribution >= 0.6 is 0 Å². The Balaban J connectivity index is 2.15. The molecule has 2 rings (SSSR count). The van der Waals surface area contributed by atoms with E-state index in [1.165, 1.54) is 6.07 Å². The second kappa shape index (κ2) is 5.14. The fourth-order valence-corrected chi connectivity index (χ4v) is 1.49. The molecule has 2 N–H and O–H groups in total. The second-order valence-corrected chi connectivity index (χ2v) is 4.22. The van der Waals surface area contributed by atoms with E-state index < -0.39 is 0 Å². The van der Waals surface area contributed by atoms with Crippen LogP contribution < -0.4 is 10.5 Å². The Hall–Kier alpha value is -1.94. The lowest BCUT2D eigenvalue weighted by molar-refractivity contribution is 0.473. The molecule has 1 aromatic heterocycles. The van der Waals surface area contributed by atoms with Gasteiger partial charge in [-0.05, 0) is 37.6 Å². The number of hydrogen-bond acceptors (Lipinski definition) is 3. The van der Waals surface area contributed by atoms with Gasteiger partial charge in [-0.15, -0.1) is 0 Å². The Morgan fingerprint density at radius 3 is 2.50 bits per heavy atom. The molecule has 4 heteroatoms. The molecule has 1 atom stereocenters. The predicted molar refractivity (Wildman–Crippen MR) is 68.1 cm³/mol. The van der Waals surface area contributed by atoms with Crippen molar-refractivity contribution >= 4 is 0 Å². The van der Waals surface area contributed by atoms with Crippen LogP contribution in [0.1, 0.15) is 24.2 Å². The lowest BCUT2D eigenvalue weighted by Crippen LogP contribution is -2.06. The largest absolute Gasteiger partial charge is 0.456 e. The number of halogens is 1. The van der Waals surface area contributed by atoms with Crippen molar-refractivity contribution in [1.82, 2.24) is 4.98 Å². The third-order valence-corrected chi connectivity index (χ3v) is 2.60. The van der Waals surface area contributed by atoms with Crippen molar-refractivity contribution < 1.29 is 9.13 Å². The van der Waals surface area contributed by atoms with E-state index in [0.29, 0.717) is 17.1 Å².